The Morgan fingerprint density at radius 1 is 1.28 bits per heavy atom. The Morgan fingerprint density at radius 3 is 2.47 bits per heavy atom. The summed E-state index contributed by atoms with van der Waals surface area (Å²) in [6.07, 6.45) is 2.26. The van der Waals surface area contributed by atoms with Crippen LogP contribution in [0.4, 0.5) is 0 Å². The highest BCUT2D eigenvalue weighted by atomic mass is 32.2. The Kier molecular flexibility index (Phi) is 7.26. The molecule has 3 aliphatic heterocycles. The minimum absolute atomic E-state index is 0.0422. The Morgan fingerprint density at radius 2 is 1.94 bits per heavy atom. The molecule has 182 valence electrons. The first-order valence-electron chi connectivity index (χ1n) is 12.1. The molecule has 0 saturated carbocycles. The molecule has 3 heterocycles. The lowest BCUT2D eigenvalue weighted by Crippen LogP contribution is -2.61. The highest BCUT2D eigenvalue weighted by molar-refractivity contribution is 8.02. The van der Waals surface area contributed by atoms with Gasteiger partial charge in [-0.3, -0.25) is 14.4 Å². The molecule has 3 aliphatic rings. The summed E-state index contributed by atoms with van der Waals surface area (Å²) in [5.74, 6) is -0.964. The average molecular weight is 468 g/mol. The van der Waals surface area contributed by atoms with Crippen molar-refractivity contribution in [3.63, 3.8) is 0 Å². The predicted molar refractivity (Wildman–Crippen MR) is 127 cm³/mol. The molecular weight excluding hydrogens is 426 g/mol. The van der Waals surface area contributed by atoms with Crippen LogP contribution in [-0.2, 0) is 14.4 Å². The summed E-state index contributed by atoms with van der Waals surface area (Å²) in [6.45, 7) is 14.4. The van der Waals surface area contributed by atoms with Gasteiger partial charge in [0.15, 0.2) is 0 Å². The molecule has 3 amide bonds. The first kappa shape index (κ1) is 25.3. The fourth-order valence-electron chi connectivity index (χ4n) is 6.08. The maximum Gasteiger partial charge on any atom is 0.244 e. The zero-order valence-electron chi connectivity index (χ0n) is 20.6. The topological polar surface area (TPSA) is 98.7 Å². The number of hydrogen-bond acceptors (Lipinski definition) is 5. The largest absolute Gasteiger partial charge is 0.394 e. The first-order valence-corrected chi connectivity index (χ1v) is 13.0. The van der Waals surface area contributed by atoms with Crippen LogP contribution in [0.2, 0.25) is 0 Å². The maximum atomic E-state index is 14.0. The van der Waals surface area contributed by atoms with E-state index in [1.165, 1.54) is 0 Å². The van der Waals surface area contributed by atoms with Crippen LogP contribution in [-0.4, -0.2) is 68.5 Å². The van der Waals surface area contributed by atoms with E-state index in [2.05, 4.69) is 31.4 Å². The SMILES string of the molecule is CCCNC(=O)[C@@H]1[C@@H]2CC(C)C3(S2)C(C(=O)NC(C)(C)C)N([C@@H](CO)CC(C)C)C(=O)[C@H]13. The van der Waals surface area contributed by atoms with Gasteiger partial charge in [0, 0.05) is 17.3 Å². The van der Waals surface area contributed by atoms with Crippen LogP contribution in [0.15, 0.2) is 0 Å². The lowest BCUT2D eigenvalue weighted by molar-refractivity contribution is -0.143. The van der Waals surface area contributed by atoms with E-state index >= 15 is 0 Å². The van der Waals surface area contributed by atoms with Gasteiger partial charge in [-0.05, 0) is 51.9 Å². The second-order valence-electron chi connectivity index (χ2n) is 11.3. The van der Waals surface area contributed by atoms with Crippen molar-refractivity contribution >= 4 is 29.5 Å². The summed E-state index contributed by atoms with van der Waals surface area (Å²) in [4.78, 5) is 42.6. The number of nitrogens with one attached hydrogen (secondary N) is 2. The number of hydrogen-bond donors (Lipinski definition) is 3. The van der Waals surface area contributed by atoms with E-state index in [0.29, 0.717) is 13.0 Å². The molecule has 0 radical (unpaired) electrons. The van der Waals surface area contributed by atoms with Gasteiger partial charge in [0.05, 0.1) is 29.2 Å². The van der Waals surface area contributed by atoms with Crippen molar-refractivity contribution in [2.24, 2.45) is 23.7 Å². The van der Waals surface area contributed by atoms with Gasteiger partial charge in [0.2, 0.25) is 17.7 Å². The molecule has 3 unspecified atom stereocenters. The highest BCUT2D eigenvalue weighted by Crippen LogP contribution is 2.68. The molecule has 0 aliphatic carbocycles. The molecule has 0 aromatic heterocycles. The van der Waals surface area contributed by atoms with Crippen molar-refractivity contribution in [2.45, 2.75) is 95.3 Å². The minimum Gasteiger partial charge on any atom is -0.394 e. The van der Waals surface area contributed by atoms with Crippen molar-refractivity contribution < 1.29 is 19.5 Å². The smallest absolute Gasteiger partial charge is 0.244 e. The minimum atomic E-state index is -0.691. The Hall–Kier alpha value is -1.28. The number of carbonyl (C=O) groups is 3. The zero-order valence-corrected chi connectivity index (χ0v) is 21.4. The van der Waals surface area contributed by atoms with Crippen molar-refractivity contribution in [2.75, 3.05) is 13.2 Å². The molecule has 3 fully saturated rings. The summed E-state index contributed by atoms with van der Waals surface area (Å²) in [6, 6.07) is -1.13. The molecule has 3 saturated heterocycles. The molecule has 7 nitrogen and oxygen atoms in total. The normalized spacial score (nSPS) is 34.7. The van der Waals surface area contributed by atoms with E-state index in [4.69, 9.17) is 0 Å². The summed E-state index contributed by atoms with van der Waals surface area (Å²) >= 11 is 1.68. The molecule has 0 aromatic carbocycles. The van der Waals surface area contributed by atoms with Gasteiger partial charge in [-0.25, -0.2) is 0 Å². The van der Waals surface area contributed by atoms with Crippen LogP contribution >= 0.6 is 11.8 Å². The average Bonchev–Trinajstić information content (AvgIpc) is 3.26. The summed E-state index contributed by atoms with van der Waals surface area (Å²) < 4.78 is -0.643. The second-order valence-corrected chi connectivity index (χ2v) is 12.8. The third-order valence-electron chi connectivity index (χ3n) is 7.13. The molecule has 1 spiro atoms. The van der Waals surface area contributed by atoms with Gasteiger partial charge in [0.1, 0.15) is 6.04 Å². The van der Waals surface area contributed by atoms with Crippen LogP contribution in [0.5, 0.6) is 0 Å². The number of rotatable bonds is 8. The van der Waals surface area contributed by atoms with Crippen molar-refractivity contribution in [1.82, 2.24) is 15.5 Å². The summed E-state index contributed by atoms with van der Waals surface area (Å²) in [5.41, 5.74) is -0.449. The lowest BCUT2D eigenvalue weighted by atomic mass is 9.65. The van der Waals surface area contributed by atoms with Gasteiger partial charge in [-0.2, -0.15) is 0 Å². The van der Waals surface area contributed by atoms with E-state index in [1.807, 2.05) is 27.7 Å². The first-order chi connectivity index (χ1) is 14.9. The molecular formula is C24H41N3O4S. The van der Waals surface area contributed by atoms with E-state index in [-0.39, 0.29) is 41.4 Å². The molecule has 2 bridgehead atoms. The van der Waals surface area contributed by atoms with Crippen LogP contribution in [0.25, 0.3) is 0 Å². The van der Waals surface area contributed by atoms with E-state index < -0.39 is 34.2 Å². The van der Waals surface area contributed by atoms with Gasteiger partial charge >= 0.3 is 0 Å². The fraction of sp³-hybridized carbons (Fsp3) is 0.875. The molecule has 7 atom stereocenters. The standard InChI is InChI=1S/C24H41N3O4S/c1-8-9-25-20(29)17-16-11-14(4)24(32-16)18(17)22(31)27(15(12-28)10-13(2)3)19(24)21(30)26-23(5,6)7/h13-19,28H,8-12H2,1-7H3,(H,25,29)(H,26,30)/t14?,15-,16+,17-,18+,19?,24?/m1/s1. The number of fused-ring (bicyclic) bond motifs is 1. The van der Waals surface area contributed by atoms with E-state index in [1.54, 1.807) is 16.7 Å². The van der Waals surface area contributed by atoms with E-state index in [9.17, 15) is 19.5 Å². The monoisotopic (exact) mass is 467 g/mol. The molecule has 8 heteroatoms. The number of aliphatic hydroxyl groups is 1. The van der Waals surface area contributed by atoms with Gasteiger partial charge in [-0.1, -0.05) is 27.7 Å². The molecule has 32 heavy (non-hydrogen) atoms. The number of nitrogens with zero attached hydrogens (tertiary/aromatic N) is 1. The van der Waals surface area contributed by atoms with Gasteiger partial charge in [0.25, 0.3) is 0 Å². The summed E-state index contributed by atoms with van der Waals surface area (Å²) in [5, 5.41) is 16.4. The molecule has 3 N–H and O–H groups in total. The third-order valence-corrected chi connectivity index (χ3v) is 9.21. The van der Waals surface area contributed by atoms with Crippen LogP contribution < -0.4 is 10.6 Å². The number of likely N-dealkylation sites (tertiary alicyclic amines) is 1. The van der Waals surface area contributed by atoms with Crippen LogP contribution in [0, 0.1) is 23.7 Å². The van der Waals surface area contributed by atoms with Crippen molar-refractivity contribution in [1.29, 1.82) is 0 Å². The quantitative estimate of drug-likeness (QED) is 0.508. The number of aliphatic hydroxyl groups excluding tert-OH is 1. The predicted octanol–water partition coefficient (Wildman–Crippen LogP) is 2.17. The van der Waals surface area contributed by atoms with E-state index in [0.717, 1.165) is 12.8 Å². The Balaban J connectivity index is 2.08. The van der Waals surface area contributed by atoms with Crippen LogP contribution in [0.1, 0.15) is 67.7 Å². The zero-order chi connectivity index (χ0) is 24.0. The summed E-state index contributed by atoms with van der Waals surface area (Å²) in [7, 11) is 0. The third kappa shape index (κ3) is 4.17. The van der Waals surface area contributed by atoms with Crippen molar-refractivity contribution in [3.05, 3.63) is 0 Å². The van der Waals surface area contributed by atoms with Gasteiger partial charge in [-0.15, -0.1) is 11.8 Å². The highest BCUT2D eigenvalue weighted by Gasteiger charge is 2.76. The Labute approximate surface area is 196 Å². The van der Waals surface area contributed by atoms with Crippen molar-refractivity contribution in [3.8, 4) is 0 Å². The molecule has 0 aromatic rings. The number of carbonyl (C=O) groups excluding carboxylic acids is 3. The number of thioether (sulfide) groups is 1. The second kappa shape index (κ2) is 9.16. The molecule has 3 rings (SSSR count). The van der Waals surface area contributed by atoms with Crippen LogP contribution in [0.3, 0.4) is 0 Å². The fourth-order valence-corrected chi connectivity index (χ4v) is 8.49. The maximum absolute atomic E-state index is 14.0. The lowest BCUT2D eigenvalue weighted by Gasteiger charge is -2.41. The van der Waals surface area contributed by atoms with Gasteiger partial charge < -0.3 is 20.6 Å². The Bertz CT molecular complexity index is 752. The number of amides is 3.